The summed E-state index contributed by atoms with van der Waals surface area (Å²) < 4.78 is 5.97. The molecule has 1 aromatic carbocycles. The number of hydrogen-bond acceptors (Lipinski definition) is 2. The molecule has 0 aliphatic carbocycles. The summed E-state index contributed by atoms with van der Waals surface area (Å²) in [7, 11) is 0. The number of ether oxygens (including phenoxy) is 1. The second-order valence-electron chi connectivity index (χ2n) is 5.75. The third-order valence-corrected chi connectivity index (χ3v) is 4.05. The Morgan fingerprint density at radius 2 is 1.90 bits per heavy atom. The molecule has 1 rings (SSSR count). The molecule has 0 aromatic heterocycles. The molecule has 0 spiro atoms. The SMILES string of the molecule is CCCCCCC(C)Oc1ccc(C(C)NCC)cc1Cl. The predicted octanol–water partition coefficient (Wildman–Crippen LogP) is 5.75. The van der Waals surface area contributed by atoms with Crippen molar-refractivity contribution in [3.63, 3.8) is 0 Å². The van der Waals surface area contributed by atoms with E-state index in [9.17, 15) is 0 Å². The van der Waals surface area contributed by atoms with Gasteiger partial charge in [-0.15, -0.1) is 0 Å². The predicted molar refractivity (Wildman–Crippen MR) is 92.4 cm³/mol. The Kier molecular flexibility index (Phi) is 8.79. The van der Waals surface area contributed by atoms with Crippen LogP contribution in [0.25, 0.3) is 0 Å². The van der Waals surface area contributed by atoms with Crippen molar-refractivity contribution in [3.05, 3.63) is 28.8 Å². The van der Waals surface area contributed by atoms with Gasteiger partial charge in [0.2, 0.25) is 0 Å². The maximum Gasteiger partial charge on any atom is 0.138 e. The first-order chi connectivity index (χ1) is 10.1. The van der Waals surface area contributed by atoms with Crippen LogP contribution in [0.3, 0.4) is 0 Å². The molecule has 21 heavy (non-hydrogen) atoms. The molecule has 0 fully saturated rings. The second kappa shape index (κ2) is 10.1. The molecule has 1 aromatic rings. The first-order valence-electron chi connectivity index (χ1n) is 8.27. The third kappa shape index (κ3) is 6.71. The molecular formula is C18H30ClNO. The first-order valence-corrected chi connectivity index (χ1v) is 8.65. The van der Waals surface area contributed by atoms with Gasteiger partial charge in [0.05, 0.1) is 11.1 Å². The minimum absolute atomic E-state index is 0.219. The molecule has 1 N–H and O–H groups in total. The van der Waals surface area contributed by atoms with E-state index in [-0.39, 0.29) is 6.10 Å². The lowest BCUT2D eigenvalue weighted by atomic mass is 10.1. The maximum atomic E-state index is 6.35. The van der Waals surface area contributed by atoms with Crippen LogP contribution in [0, 0.1) is 0 Å². The van der Waals surface area contributed by atoms with E-state index in [4.69, 9.17) is 16.3 Å². The molecule has 0 aliphatic heterocycles. The van der Waals surface area contributed by atoms with Gasteiger partial charge in [0.1, 0.15) is 5.75 Å². The van der Waals surface area contributed by atoms with Gasteiger partial charge in [-0.05, 0) is 50.9 Å². The molecule has 0 bridgehead atoms. The van der Waals surface area contributed by atoms with Crippen molar-refractivity contribution in [3.8, 4) is 5.75 Å². The molecule has 3 heteroatoms. The zero-order valence-corrected chi connectivity index (χ0v) is 14.7. The van der Waals surface area contributed by atoms with E-state index in [1.165, 1.54) is 31.2 Å². The van der Waals surface area contributed by atoms with Gasteiger partial charge in [0.25, 0.3) is 0 Å². The summed E-state index contributed by atoms with van der Waals surface area (Å²) in [5.41, 5.74) is 1.20. The third-order valence-electron chi connectivity index (χ3n) is 3.76. The molecule has 0 amide bonds. The fraction of sp³-hybridized carbons (Fsp3) is 0.667. The average molecular weight is 312 g/mol. The summed E-state index contributed by atoms with van der Waals surface area (Å²) in [4.78, 5) is 0. The molecule has 2 nitrogen and oxygen atoms in total. The molecule has 0 aliphatic rings. The van der Waals surface area contributed by atoms with Crippen molar-refractivity contribution < 1.29 is 4.74 Å². The van der Waals surface area contributed by atoms with Crippen molar-refractivity contribution in [1.82, 2.24) is 5.32 Å². The van der Waals surface area contributed by atoms with Gasteiger partial charge < -0.3 is 10.1 Å². The van der Waals surface area contributed by atoms with Crippen LogP contribution in [0.4, 0.5) is 0 Å². The van der Waals surface area contributed by atoms with E-state index in [2.05, 4.69) is 39.1 Å². The van der Waals surface area contributed by atoms with Crippen molar-refractivity contribution in [2.75, 3.05) is 6.54 Å². The van der Waals surface area contributed by atoms with Crippen LogP contribution >= 0.6 is 11.6 Å². The van der Waals surface area contributed by atoms with Gasteiger partial charge in [-0.25, -0.2) is 0 Å². The average Bonchev–Trinajstić information content (AvgIpc) is 2.46. The summed E-state index contributed by atoms with van der Waals surface area (Å²) in [6, 6.07) is 6.41. The van der Waals surface area contributed by atoms with E-state index in [1.54, 1.807) is 0 Å². The lowest BCUT2D eigenvalue weighted by Gasteiger charge is -2.18. The Morgan fingerprint density at radius 3 is 2.52 bits per heavy atom. The van der Waals surface area contributed by atoms with E-state index in [1.807, 2.05) is 12.1 Å². The van der Waals surface area contributed by atoms with Crippen LogP contribution in [0.5, 0.6) is 5.75 Å². The normalized spacial score (nSPS) is 14.0. The van der Waals surface area contributed by atoms with E-state index >= 15 is 0 Å². The van der Waals surface area contributed by atoms with Crippen LogP contribution in [0.2, 0.25) is 5.02 Å². The fourth-order valence-electron chi connectivity index (χ4n) is 2.44. The number of rotatable bonds is 10. The van der Waals surface area contributed by atoms with E-state index in [0.29, 0.717) is 11.1 Å². The molecule has 2 atom stereocenters. The van der Waals surface area contributed by atoms with Crippen molar-refractivity contribution in [2.24, 2.45) is 0 Å². The highest BCUT2D eigenvalue weighted by atomic mass is 35.5. The molecule has 0 heterocycles. The smallest absolute Gasteiger partial charge is 0.138 e. The van der Waals surface area contributed by atoms with Crippen molar-refractivity contribution in [2.45, 2.75) is 71.9 Å². The number of unbranched alkanes of at least 4 members (excludes halogenated alkanes) is 3. The van der Waals surface area contributed by atoms with Crippen LogP contribution in [-0.2, 0) is 0 Å². The molecule has 2 unspecified atom stereocenters. The van der Waals surface area contributed by atoms with Gasteiger partial charge in [0, 0.05) is 6.04 Å². The second-order valence-corrected chi connectivity index (χ2v) is 6.15. The van der Waals surface area contributed by atoms with Crippen molar-refractivity contribution >= 4 is 11.6 Å². The quantitative estimate of drug-likeness (QED) is 0.556. The van der Waals surface area contributed by atoms with E-state index in [0.717, 1.165) is 18.7 Å². The Labute approximate surface area is 135 Å². The highest BCUT2D eigenvalue weighted by Gasteiger charge is 2.10. The van der Waals surface area contributed by atoms with Crippen LogP contribution in [0.1, 0.15) is 71.4 Å². The standard InChI is InChI=1S/C18H30ClNO/c1-5-7-8-9-10-14(3)21-18-12-11-16(13-17(18)19)15(4)20-6-2/h11-15,20H,5-10H2,1-4H3. The number of nitrogens with one attached hydrogen (secondary N) is 1. The van der Waals surface area contributed by atoms with Crippen LogP contribution < -0.4 is 10.1 Å². The van der Waals surface area contributed by atoms with Gasteiger partial charge >= 0.3 is 0 Å². The minimum Gasteiger partial charge on any atom is -0.489 e. The summed E-state index contributed by atoms with van der Waals surface area (Å²) in [5, 5.41) is 4.10. The summed E-state index contributed by atoms with van der Waals surface area (Å²) in [6.07, 6.45) is 6.40. The monoisotopic (exact) mass is 311 g/mol. The lowest BCUT2D eigenvalue weighted by molar-refractivity contribution is 0.206. The highest BCUT2D eigenvalue weighted by molar-refractivity contribution is 6.32. The van der Waals surface area contributed by atoms with Gasteiger partial charge in [-0.3, -0.25) is 0 Å². The number of halogens is 1. The summed E-state index contributed by atoms with van der Waals surface area (Å²) >= 11 is 6.35. The highest BCUT2D eigenvalue weighted by Crippen LogP contribution is 2.29. The number of hydrogen-bond donors (Lipinski definition) is 1. The molecular weight excluding hydrogens is 282 g/mol. The largest absolute Gasteiger partial charge is 0.489 e. The fourth-order valence-corrected chi connectivity index (χ4v) is 2.67. The molecule has 0 saturated heterocycles. The maximum absolute atomic E-state index is 6.35. The van der Waals surface area contributed by atoms with Crippen molar-refractivity contribution in [1.29, 1.82) is 0 Å². The minimum atomic E-state index is 0.219. The van der Waals surface area contributed by atoms with Crippen LogP contribution in [-0.4, -0.2) is 12.6 Å². The Morgan fingerprint density at radius 1 is 1.14 bits per heavy atom. The Hall–Kier alpha value is -0.730. The topological polar surface area (TPSA) is 21.3 Å². The van der Waals surface area contributed by atoms with Gasteiger partial charge in [-0.2, -0.15) is 0 Å². The first kappa shape index (κ1) is 18.3. The van der Waals surface area contributed by atoms with E-state index < -0.39 is 0 Å². The summed E-state index contributed by atoms with van der Waals surface area (Å²) in [6.45, 7) is 9.56. The molecule has 120 valence electrons. The van der Waals surface area contributed by atoms with Gasteiger partial charge in [0.15, 0.2) is 0 Å². The molecule has 0 radical (unpaired) electrons. The lowest BCUT2D eigenvalue weighted by Crippen LogP contribution is -2.17. The summed E-state index contributed by atoms with van der Waals surface area (Å²) in [5.74, 6) is 0.798. The van der Waals surface area contributed by atoms with Gasteiger partial charge in [-0.1, -0.05) is 50.8 Å². The van der Waals surface area contributed by atoms with Crippen LogP contribution in [0.15, 0.2) is 18.2 Å². The Balaban J connectivity index is 2.52. The molecule has 0 saturated carbocycles. The zero-order chi connectivity index (χ0) is 15.7. The Bertz CT molecular complexity index is 408. The number of benzene rings is 1. The zero-order valence-electron chi connectivity index (χ0n) is 13.9.